The Morgan fingerprint density at radius 1 is 1.28 bits per heavy atom. The number of amides is 1. The number of imidazole rings is 1. The largest absolute Gasteiger partial charge is 0.391 e. The number of para-hydroxylation sites is 1. The molecule has 25 heavy (non-hydrogen) atoms. The smallest absolute Gasteiger partial charge is 0.256 e. The number of halogens is 2. The van der Waals surface area contributed by atoms with Gasteiger partial charge in [0, 0.05) is 12.1 Å². The van der Waals surface area contributed by atoms with E-state index in [1.807, 2.05) is 0 Å². The first kappa shape index (κ1) is 15.7. The monoisotopic (exact) mass is 343 g/mol. The molecule has 4 rings (SSSR count). The molecule has 2 atom stereocenters. The minimum absolute atomic E-state index is 0.0558. The van der Waals surface area contributed by atoms with Crippen molar-refractivity contribution in [3.8, 4) is 0 Å². The van der Waals surface area contributed by atoms with E-state index in [9.17, 15) is 18.7 Å². The topological polar surface area (TPSA) is 69.2 Å². The molecule has 0 bridgehead atoms. The number of aliphatic hydroxyl groups is 1. The molecule has 2 N–H and O–H groups in total. The van der Waals surface area contributed by atoms with Crippen LogP contribution in [0.5, 0.6) is 0 Å². The van der Waals surface area contributed by atoms with Crippen molar-refractivity contribution in [1.82, 2.24) is 14.9 Å². The molecule has 1 amide bonds. The van der Waals surface area contributed by atoms with Gasteiger partial charge < -0.3 is 15.0 Å². The lowest BCUT2D eigenvalue weighted by atomic mass is 10.0. The van der Waals surface area contributed by atoms with Gasteiger partial charge in [-0.15, -0.1) is 0 Å². The number of nitrogens with zero attached hydrogens (tertiary/aromatic N) is 2. The Morgan fingerprint density at radius 3 is 2.96 bits per heavy atom. The molecule has 1 fully saturated rings. The number of fused-ring (bicyclic) bond motifs is 1. The third kappa shape index (κ3) is 2.66. The number of likely N-dealkylation sites (tertiary alicyclic amines) is 1. The van der Waals surface area contributed by atoms with E-state index in [1.54, 1.807) is 18.2 Å². The van der Waals surface area contributed by atoms with Crippen LogP contribution in [0.25, 0.3) is 11.0 Å². The Morgan fingerprint density at radius 2 is 2.12 bits per heavy atom. The molecule has 1 aliphatic heterocycles. The number of aromatic nitrogens is 2. The summed E-state index contributed by atoms with van der Waals surface area (Å²) < 4.78 is 27.8. The van der Waals surface area contributed by atoms with E-state index in [2.05, 4.69) is 9.97 Å². The fourth-order valence-corrected chi connectivity index (χ4v) is 3.40. The van der Waals surface area contributed by atoms with Gasteiger partial charge in [0.2, 0.25) is 0 Å². The summed E-state index contributed by atoms with van der Waals surface area (Å²) in [6, 6.07) is 7.56. The van der Waals surface area contributed by atoms with Crippen LogP contribution in [0.3, 0.4) is 0 Å². The van der Waals surface area contributed by atoms with Crippen molar-refractivity contribution >= 4 is 16.9 Å². The maximum atomic E-state index is 14.2. The van der Waals surface area contributed by atoms with E-state index >= 15 is 0 Å². The van der Waals surface area contributed by atoms with Crippen LogP contribution in [0.2, 0.25) is 0 Å². The van der Waals surface area contributed by atoms with Crippen molar-refractivity contribution in [3.05, 3.63) is 65.5 Å². The highest BCUT2D eigenvalue weighted by molar-refractivity contribution is 6.05. The quantitative estimate of drug-likeness (QED) is 0.752. The summed E-state index contributed by atoms with van der Waals surface area (Å²) in [5.41, 5.74) is 1.64. The van der Waals surface area contributed by atoms with Crippen molar-refractivity contribution in [2.45, 2.75) is 18.6 Å². The van der Waals surface area contributed by atoms with E-state index in [1.165, 1.54) is 11.2 Å². The van der Waals surface area contributed by atoms with Crippen LogP contribution in [0.4, 0.5) is 8.78 Å². The number of H-pyrrole nitrogens is 1. The Hall–Kier alpha value is -2.80. The number of benzene rings is 2. The Balaban J connectivity index is 1.76. The molecule has 0 saturated carbocycles. The van der Waals surface area contributed by atoms with Crippen molar-refractivity contribution in [3.63, 3.8) is 0 Å². The van der Waals surface area contributed by atoms with Crippen molar-refractivity contribution in [2.24, 2.45) is 0 Å². The average Bonchev–Trinajstić information content (AvgIpc) is 3.22. The molecule has 2 heterocycles. The molecule has 1 saturated heterocycles. The lowest BCUT2D eigenvalue weighted by Gasteiger charge is -2.25. The van der Waals surface area contributed by atoms with Gasteiger partial charge in [0.1, 0.15) is 17.2 Å². The van der Waals surface area contributed by atoms with Gasteiger partial charge >= 0.3 is 0 Å². The molecule has 1 aliphatic rings. The molecular formula is C18H15F2N3O2. The molecular weight excluding hydrogens is 328 g/mol. The van der Waals surface area contributed by atoms with Gasteiger partial charge in [-0.25, -0.2) is 13.8 Å². The lowest BCUT2D eigenvalue weighted by molar-refractivity contribution is 0.0715. The Labute approximate surface area is 141 Å². The second-order valence-electron chi connectivity index (χ2n) is 6.13. The second-order valence-corrected chi connectivity index (χ2v) is 6.13. The summed E-state index contributed by atoms with van der Waals surface area (Å²) >= 11 is 0. The fourth-order valence-electron chi connectivity index (χ4n) is 3.40. The molecule has 0 spiro atoms. The van der Waals surface area contributed by atoms with Crippen molar-refractivity contribution < 1.29 is 18.7 Å². The zero-order valence-electron chi connectivity index (χ0n) is 13.1. The SMILES string of the molecule is O=C(c1cccc2[nH]cnc12)N1C[C@@H](O)C[C@H]1c1cc(F)ccc1F. The van der Waals surface area contributed by atoms with Crippen LogP contribution in [0, 0.1) is 11.6 Å². The van der Waals surface area contributed by atoms with Gasteiger partial charge in [-0.05, 0) is 36.8 Å². The summed E-state index contributed by atoms with van der Waals surface area (Å²) in [7, 11) is 0. The number of carbonyl (C=O) groups is 1. The van der Waals surface area contributed by atoms with Crippen LogP contribution < -0.4 is 0 Å². The Bertz CT molecular complexity index is 956. The molecule has 3 aromatic rings. The number of nitrogens with one attached hydrogen (secondary N) is 1. The highest BCUT2D eigenvalue weighted by atomic mass is 19.1. The van der Waals surface area contributed by atoms with E-state index in [0.29, 0.717) is 16.6 Å². The minimum atomic E-state index is -0.796. The van der Waals surface area contributed by atoms with Gasteiger partial charge in [0.25, 0.3) is 5.91 Å². The second kappa shape index (κ2) is 5.93. The zero-order chi connectivity index (χ0) is 17.6. The summed E-state index contributed by atoms with van der Waals surface area (Å²) in [4.78, 5) is 21.5. The van der Waals surface area contributed by atoms with Crippen LogP contribution in [-0.4, -0.2) is 38.5 Å². The van der Waals surface area contributed by atoms with Crippen molar-refractivity contribution in [2.75, 3.05) is 6.54 Å². The Kier molecular flexibility index (Phi) is 3.73. The molecule has 0 aliphatic carbocycles. The lowest BCUT2D eigenvalue weighted by Crippen LogP contribution is -2.32. The first-order valence-electron chi connectivity index (χ1n) is 7.90. The normalized spacial score (nSPS) is 20.4. The molecule has 7 heteroatoms. The van der Waals surface area contributed by atoms with E-state index in [-0.39, 0.29) is 24.4 Å². The number of carbonyl (C=O) groups excluding carboxylic acids is 1. The number of hydrogen-bond donors (Lipinski definition) is 2. The summed E-state index contributed by atoms with van der Waals surface area (Å²) in [6.45, 7) is 0.0558. The standard InChI is InChI=1S/C18H15F2N3O2/c19-10-4-5-14(20)13(6-10)16-7-11(24)8-23(16)18(25)12-2-1-3-15-17(12)22-9-21-15/h1-6,9,11,16,24H,7-8H2,(H,21,22)/t11-,16-/m0/s1. The summed E-state index contributed by atoms with van der Waals surface area (Å²) in [5.74, 6) is -1.56. The predicted octanol–water partition coefficient (Wildman–Crippen LogP) is 2.79. The fraction of sp³-hybridized carbons (Fsp3) is 0.222. The van der Waals surface area contributed by atoms with Crippen LogP contribution in [0.15, 0.2) is 42.7 Å². The molecule has 0 unspecified atom stereocenters. The van der Waals surface area contributed by atoms with Crippen molar-refractivity contribution in [1.29, 1.82) is 0 Å². The third-order valence-corrected chi connectivity index (χ3v) is 4.54. The molecule has 128 valence electrons. The van der Waals surface area contributed by atoms with Gasteiger partial charge in [-0.1, -0.05) is 6.07 Å². The highest BCUT2D eigenvalue weighted by Gasteiger charge is 2.37. The van der Waals surface area contributed by atoms with E-state index in [4.69, 9.17) is 0 Å². The molecule has 2 aromatic carbocycles. The summed E-state index contributed by atoms with van der Waals surface area (Å²) in [5, 5.41) is 10.0. The summed E-state index contributed by atoms with van der Waals surface area (Å²) in [6.07, 6.45) is 0.849. The number of rotatable bonds is 2. The van der Waals surface area contributed by atoms with E-state index in [0.717, 1.165) is 18.2 Å². The van der Waals surface area contributed by atoms with Crippen LogP contribution >= 0.6 is 0 Å². The maximum absolute atomic E-state index is 14.2. The number of β-amino-alcohol motifs (C(OH)–C–C–N with tert-alkyl or cyclic N) is 1. The predicted molar refractivity (Wildman–Crippen MR) is 86.9 cm³/mol. The minimum Gasteiger partial charge on any atom is -0.391 e. The molecule has 0 radical (unpaired) electrons. The number of hydrogen-bond acceptors (Lipinski definition) is 3. The zero-order valence-corrected chi connectivity index (χ0v) is 13.1. The van der Waals surface area contributed by atoms with Crippen LogP contribution in [0.1, 0.15) is 28.4 Å². The van der Waals surface area contributed by atoms with E-state index < -0.39 is 23.8 Å². The van der Waals surface area contributed by atoms with Crippen LogP contribution in [-0.2, 0) is 0 Å². The highest BCUT2D eigenvalue weighted by Crippen LogP contribution is 2.35. The molecule has 5 nitrogen and oxygen atoms in total. The number of aromatic amines is 1. The maximum Gasteiger partial charge on any atom is 0.256 e. The average molecular weight is 343 g/mol. The molecule has 1 aromatic heterocycles. The number of aliphatic hydroxyl groups excluding tert-OH is 1. The van der Waals surface area contributed by atoms with Gasteiger partial charge in [0.05, 0.1) is 29.6 Å². The first-order valence-corrected chi connectivity index (χ1v) is 7.90. The third-order valence-electron chi connectivity index (χ3n) is 4.54. The van der Waals surface area contributed by atoms with Gasteiger partial charge in [-0.3, -0.25) is 4.79 Å². The first-order chi connectivity index (χ1) is 12.0. The van der Waals surface area contributed by atoms with Gasteiger partial charge in [-0.2, -0.15) is 0 Å². The van der Waals surface area contributed by atoms with Gasteiger partial charge in [0.15, 0.2) is 0 Å².